The Hall–Kier alpha value is -0.710. The van der Waals surface area contributed by atoms with Gasteiger partial charge in [-0.1, -0.05) is 0 Å². The highest BCUT2D eigenvalue weighted by Gasteiger charge is 2.41. The first-order valence-electron chi connectivity index (χ1n) is 6.09. The lowest BCUT2D eigenvalue weighted by atomic mass is 10.1. The summed E-state index contributed by atoms with van der Waals surface area (Å²) < 4.78 is 0. The normalized spacial score (nSPS) is 24.9. The van der Waals surface area contributed by atoms with E-state index in [0.29, 0.717) is 5.88 Å². The SMILES string of the molecule is CC(C)(C)NC(=O)C1CSCN1C(=O)C1CC1. The Morgan fingerprint density at radius 3 is 2.47 bits per heavy atom. The van der Waals surface area contributed by atoms with E-state index in [9.17, 15) is 9.59 Å². The summed E-state index contributed by atoms with van der Waals surface area (Å²) in [6.45, 7) is 5.88. The predicted molar refractivity (Wildman–Crippen MR) is 68.6 cm³/mol. The van der Waals surface area contributed by atoms with Crippen molar-refractivity contribution in [3.05, 3.63) is 0 Å². The van der Waals surface area contributed by atoms with Gasteiger partial charge in [-0.25, -0.2) is 0 Å². The number of hydrogen-bond acceptors (Lipinski definition) is 3. The van der Waals surface area contributed by atoms with Gasteiger partial charge in [-0.05, 0) is 33.6 Å². The molecule has 1 unspecified atom stereocenters. The molecule has 1 atom stereocenters. The van der Waals surface area contributed by atoms with Crippen LogP contribution in [0.15, 0.2) is 0 Å². The van der Waals surface area contributed by atoms with E-state index in [1.807, 2.05) is 20.8 Å². The van der Waals surface area contributed by atoms with Gasteiger partial charge in [0.15, 0.2) is 0 Å². The molecule has 0 aromatic rings. The van der Waals surface area contributed by atoms with E-state index in [2.05, 4.69) is 5.32 Å². The van der Waals surface area contributed by atoms with Gasteiger partial charge in [0, 0.05) is 17.2 Å². The van der Waals surface area contributed by atoms with Crippen LogP contribution in [0.4, 0.5) is 0 Å². The van der Waals surface area contributed by atoms with Crippen molar-refractivity contribution < 1.29 is 9.59 Å². The molecule has 0 aromatic heterocycles. The average molecular weight is 256 g/mol. The number of thioether (sulfide) groups is 1. The number of rotatable bonds is 2. The van der Waals surface area contributed by atoms with Gasteiger partial charge < -0.3 is 10.2 Å². The summed E-state index contributed by atoms with van der Waals surface area (Å²) in [6, 6.07) is -0.271. The molecule has 1 N–H and O–H groups in total. The number of nitrogens with one attached hydrogen (secondary N) is 1. The third-order valence-corrected chi connectivity index (χ3v) is 3.91. The van der Waals surface area contributed by atoms with Gasteiger partial charge in [0.25, 0.3) is 0 Å². The first-order chi connectivity index (χ1) is 7.88. The van der Waals surface area contributed by atoms with Gasteiger partial charge in [0.1, 0.15) is 6.04 Å². The predicted octanol–water partition coefficient (Wildman–Crippen LogP) is 1.21. The molecule has 1 saturated carbocycles. The fourth-order valence-electron chi connectivity index (χ4n) is 1.89. The molecule has 5 heteroatoms. The first-order valence-corrected chi connectivity index (χ1v) is 7.24. The Labute approximate surface area is 106 Å². The third-order valence-electron chi connectivity index (χ3n) is 2.89. The number of carbonyl (C=O) groups is 2. The minimum absolute atomic E-state index is 0.0171. The molecule has 4 nitrogen and oxygen atoms in total. The lowest BCUT2D eigenvalue weighted by Gasteiger charge is -2.27. The lowest BCUT2D eigenvalue weighted by molar-refractivity contribution is -0.139. The number of carbonyl (C=O) groups excluding carboxylic acids is 2. The van der Waals surface area contributed by atoms with Gasteiger partial charge in [0.2, 0.25) is 11.8 Å². The number of amides is 2. The Morgan fingerprint density at radius 1 is 1.29 bits per heavy atom. The molecule has 2 rings (SSSR count). The first kappa shape index (κ1) is 12.7. The molecule has 1 aliphatic heterocycles. The highest BCUT2D eigenvalue weighted by atomic mass is 32.2. The molecule has 0 aromatic carbocycles. The maximum atomic E-state index is 12.1. The average Bonchev–Trinajstić information content (AvgIpc) is 2.91. The van der Waals surface area contributed by atoms with Crippen molar-refractivity contribution in [2.75, 3.05) is 11.6 Å². The highest BCUT2D eigenvalue weighted by molar-refractivity contribution is 7.99. The van der Waals surface area contributed by atoms with E-state index in [0.717, 1.165) is 18.6 Å². The van der Waals surface area contributed by atoms with Crippen LogP contribution in [0.1, 0.15) is 33.6 Å². The Balaban J connectivity index is 1.98. The molecule has 1 heterocycles. The molecule has 2 fully saturated rings. The zero-order valence-electron chi connectivity index (χ0n) is 10.7. The van der Waals surface area contributed by atoms with E-state index in [1.54, 1.807) is 16.7 Å². The van der Waals surface area contributed by atoms with Crippen molar-refractivity contribution >= 4 is 23.6 Å². The van der Waals surface area contributed by atoms with Crippen LogP contribution in [0.5, 0.6) is 0 Å². The van der Waals surface area contributed by atoms with Crippen LogP contribution in [-0.2, 0) is 9.59 Å². The topological polar surface area (TPSA) is 49.4 Å². The Bertz CT molecular complexity index is 334. The van der Waals surface area contributed by atoms with Crippen molar-refractivity contribution in [2.24, 2.45) is 5.92 Å². The van der Waals surface area contributed by atoms with Crippen LogP contribution in [0.3, 0.4) is 0 Å². The molecule has 2 aliphatic rings. The molecule has 1 saturated heterocycles. The Kier molecular flexibility index (Phi) is 3.39. The molecular weight excluding hydrogens is 236 g/mol. The summed E-state index contributed by atoms with van der Waals surface area (Å²) in [5.41, 5.74) is -0.237. The quantitative estimate of drug-likeness (QED) is 0.808. The summed E-state index contributed by atoms with van der Waals surface area (Å²) in [6.07, 6.45) is 1.99. The van der Waals surface area contributed by atoms with Crippen LogP contribution < -0.4 is 5.32 Å². The van der Waals surface area contributed by atoms with Crippen LogP contribution in [0.25, 0.3) is 0 Å². The van der Waals surface area contributed by atoms with Crippen molar-refractivity contribution in [3.8, 4) is 0 Å². The fourth-order valence-corrected chi connectivity index (χ4v) is 3.06. The van der Waals surface area contributed by atoms with E-state index < -0.39 is 0 Å². The lowest BCUT2D eigenvalue weighted by Crippen LogP contribution is -2.52. The van der Waals surface area contributed by atoms with E-state index >= 15 is 0 Å². The van der Waals surface area contributed by atoms with Crippen molar-refractivity contribution in [2.45, 2.75) is 45.2 Å². The summed E-state index contributed by atoms with van der Waals surface area (Å²) >= 11 is 1.66. The van der Waals surface area contributed by atoms with Gasteiger partial charge in [-0.15, -0.1) is 11.8 Å². The van der Waals surface area contributed by atoms with E-state index in [-0.39, 0.29) is 29.3 Å². The summed E-state index contributed by atoms with van der Waals surface area (Å²) in [4.78, 5) is 25.9. The fraction of sp³-hybridized carbons (Fsp3) is 0.833. The second-order valence-electron chi connectivity index (χ2n) is 5.84. The van der Waals surface area contributed by atoms with Gasteiger partial charge in [-0.2, -0.15) is 0 Å². The summed E-state index contributed by atoms with van der Waals surface area (Å²) in [5.74, 6) is 1.73. The number of nitrogens with zero attached hydrogens (tertiary/aromatic N) is 1. The third kappa shape index (κ3) is 3.15. The zero-order valence-corrected chi connectivity index (χ0v) is 11.5. The maximum absolute atomic E-state index is 12.1. The largest absolute Gasteiger partial charge is 0.350 e. The molecule has 0 bridgehead atoms. The van der Waals surface area contributed by atoms with E-state index in [1.165, 1.54) is 0 Å². The smallest absolute Gasteiger partial charge is 0.244 e. The second-order valence-corrected chi connectivity index (χ2v) is 6.84. The second kappa shape index (κ2) is 4.52. The van der Waals surface area contributed by atoms with Gasteiger partial charge in [-0.3, -0.25) is 9.59 Å². The van der Waals surface area contributed by atoms with Crippen molar-refractivity contribution in [3.63, 3.8) is 0 Å². The van der Waals surface area contributed by atoms with Crippen molar-refractivity contribution in [1.29, 1.82) is 0 Å². The zero-order chi connectivity index (χ0) is 12.6. The molecule has 0 spiro atoms. The van der Waals surface area contributed by atoms with Crippen LogP contribution >= 0.6 is 11.8 Å². The molecule has 17 heavy (non-hydrogen) atoms. The summed E-state index contributed by atoms with van der Waals surface area (Å²) in [5, 5.41) is 2.96. The highest BCUT2D eigenvalue weighted by Crippen LogP contribution is 2.34. The molecule has 96 valence electrons. The van der Waals surface area contributed by atoms with Gasteiger partial charge in [0.05, 0.1) is 5.88 Å². The standard InChI is InChI=1S/C12H20N2O2S/c1-12(2,3)13-10(15)9-6-17-7-14(9)11(16)8-4-5-8/h8-9H,4-7H2,1-3H3,(H,13,15). The van der Waals surface area contributed by atoms with Crippen LogP contribution in [0.2, 0.25) is 0 Å². The minimum atomic E-state index is -0.271. The molecule has 1 aliphatic carbocycles. The molecular formula is C12H20N2O2S. The monoisotopic (exact) mass is 256 g/mol. The van der Waals surface area contributed by atoms with Gasteiger partial charge >= 0.3 is 0 Å². The van der Waals surface area contributed by atoms with Crippen molar-refractivity contribution in [1.82, 2.24) is 10.2 Å². The van der Waals surface area contributed by atoms with E-state index in [4.69, 9.17) is 0 Å². The maximum Gasteiger partial charge on any atom is 0.244 e. The summed E-state index contributed by atoms with van der Waals surface area (Å²) in [7, 11) is 0. The Morgan fingerprint density at radius 2 is 1.94 bits per heavy atom. The van der Waals surface area contributed by atoms with Crippen LogP contribution in [0, 0.1) is 5.92 Å². The molecule has 0 radical (unpaired) electrons. The molecule has 2 amide bonds. The van der Waals surface area contributed by atoms with Crippen LogP contribution in [-0.4, -0.2) is 39.9 Å². The number of hydrogen-bond donors (Lipinski definition) is 1. The minimum Gasteiger partial charge on any atom is -0.350 e.